The van der Waals surface area contributed by atoms with Crippen LogP contribution in [0.4, 0.5) is 0 Å². The van der Waals surface area contributed by atoms with Crippen molar-refractivity contribution in [1.29, 1.82) is 0 Å². The lowest BCUT2D eigenvalue weighted by Crippen LogP contribution is -2.16. The van der Waals surface area contributed by atoms with Crippen LogP contribution in [-0.2, 0) is 20.2 Å². The third-order valence-corrected chi connectivity index (χ3v) is 6.49. The summed E-state index contributed by atoms with van der Waals surface area (Å²) in [6, 6.07) is 0. The van der Waals surface area contributed by atoms with Crippen molar-refractivity contribution in [3.05, 3.63) is 10.8 Å². The minimum Gasteiger partial charge on any atom is -0.377 e. The van der Waals surface area contributed by atoms with Crippen LogP contribution in [0.2, 0.25) is 0 Å². The minimum absolute atomic E-state index is 0.0642. The lowest BCUT2D eigenvalue weighted by Gasteiger charge is -2.09. The number of unbranched alkanes of at least 4 members (excludes halogenated alkanes) is 5. The highest BCUT2D eigenvalue weighted by molar-refractivity contribution is 7.87. The van der Waals surface area contributed by atoms with Crippen LogP contribution in [0.25, 0.3) is 0 Å². The van der Waals surface area contributed by atoms with E-state index in [0.717, 1.165) is 43.4 Å². The zero-order valence-electron chi connectivity index (χ0n) is 14.2. The molecule has 0 saturated heterocycles. The molecule has 0 amide bonds. The summed E-state index contributed by atoms with van der Waals surface area (Å²) >= 11 is 1.12. The summed E-state index contributed by atoms with van der Waals surface area (Å²) in [6.07, 6.45) is 6.19. The first-order valence-corrected chi connectivity index (χ1v) is 12.3. The summed E-state index contributed by atoms with van der Waals surface area (Å²) in [5.74, 6) is -0.353. The van der Waals surface area contributed by atoms with Gasteiger partial charge in [-0.05, 0) is 12.8 Å². The molecule has 1 aromatic rings. The maximum absolute atomic E-state index is 12.0. The zero-order valence-corrected chi connectivity index (χ0v) is 16.6. The molecule has 0 aliphatic carbocycles. The highest BCUT2D eigenvalue weighted by Crippen LogP contribution is 2.34. The van der Waals surface area contributed by atoms with Crippen LogP contribution in [0.5, 0.6) is 11.5 Å². The van der Waals surface area contributed by atoms with Gasteiger partial charge in [0, 0.05) is 10.8 Å². The third-order valence-electron chi connectivity index (χ3n) is 3.23. The van der Waals surface area contributed by atoms with Crippen LogP contribution in [0.15, 0.2) is 10.8 Å². The van der Waals surface area contributed by atoms with E-state index in [9.17, 15) is 16.8 Å². The molecule has 1 rings (SSSR count). The second kappa shape index (κ2) is 10.2. The van der Waals surface area contributed by atoms with Gasteiger partial charge in [0.15, 0.2) is 11.5 Å². The van der Waals surface area contributed by atoms with E-state index in [4.69, 9.17) is 8.37 Å². The third kappa shape index (κ3) is 8.34. The topological polar surface area (TPSA) is 86.7 Å². The Morgan fingerprint density at radius 3 is 1.79 bits per heavy atom. The Labute approximate surface area is 149 Å². The van der Waals surface area contributed by atoms with Gasteiger partial charge in [-0.25, -0.2) is 0 Å². The van der Waals surface area contributed by atoms with Crippen molar-refractivity contribution in [1.82, 2.24) is 0 Å². The van der Waals surface area contributed by atoms with E-state index in [-0.39, 0.29) is 23.0 Å². The molecule has 6 nitrogen and oxygen atoms in total. The highest BCUT2D eigenvalue weighted by Gasteiger charge is 2.20. The maximum atomic E-state index is 12.0. The number of hydrogen-bond donors (Lipinski definition) is 0. The van der Waals surface area contributed by atoms with E-state index in [2.05, 4.69) is 6.92 Å². The van der Waals surface area contributed by atoms with Gasteiger partial charge in [-0.2, -0.15) is 16.8 Å². The molecule has 0 radical (unpaired) electrons. The number of thiophene rings is 1. The van der Waals surface area contributed by atoms with Gasteiger partial charge in [-0.1, -0.05) is 46.0 Å². The Hall–Kier alpha value is -0.800. The van der Waals surface area contributed by atoms with Crippen molar-refractivity contribution in [2.24, 2.45) is 0 Å². The number of hydrogen-bond acceptors (Lipinski definition) is 7. The summed E-state index contributed by atoms with van der Waals surface area (Å²) in [6.45, 7) is 3.84. The molecule has 0 aliphatic rings. The zero-order chi connectivity index (χ0) is 18.1. The van der Waals surface area contributed by atoms with Gasteiger partial charge in [0.25, 0.3) is 0 Å². The number of rotatable bonds is 13. The smallest absolute Gasteiger partial charge is 0.309 e. The van der Waals surface area contributed by atoms with Crippen LogP contribution >= 0.6 is 11.3 Å². The Kier molecular flexibility index (Phi) is 9.07. The Morgan fingerprint density at radius 2 is 1.25 bits per heavy atom. The van der Waals surface area contributed by atoms with E-state index in [1.165, 1.54) is 10.8 Å². The molecular formula is C15H26O6S3. The van der Waals surface area contributed by atoms with Gasteiger partial charge < -0.3 is 8.37 Å². The van der Waals surface area contributed by atoms with Gasteiger partial charge >= 0.3 is 20.2 Å². The predicted octanol–water partition coefficient (Wildman–Crippen LogP) is 3.94. The quantitative estimate of drug-likeness (QED) is 0.369. The molecule has 0 spiro atoms. The second-order valence-corrected chi connectivity index (χ2v) is 9.68. The minimum atomic E-state index is -3.76. The van der Waals surface area contributed by atoms with Crippen molar-refractivity contribution in [3.8, 4) is 11.5 Å². The van der Waals surface area contributed by atoms with Crippen LogP contribution in [0.1, 0.15) is 58.8 Å². The molecule has 0 fully saturated rings. The normalized spacial score (nSPS) is 12.2. The van der Waals surface area contributed by atoms with Crippen LogP contribution in [-0.4, -0.2) is 28.3 Å². The fourth-order valence-electron chi connectivity index (χ4n) is 2.06. The largest absolute Gasteiger partial charge is 0.377 e. The molecule has 1 heterocycles. The average molecular weight is 399 g/mol. The summed E-state index contributed by atoms with van der Waals surface area (Å²) in [5, 5.41) is 2.85. The maximum Gasteiger partial charge on any atom is 0.309 e. The first-order chi connectivity index (χ1) is 11.3. The Balaban J connectivity index is 2.55. The molecular weight excluding hydrogens is 372 g/mol. The molecule has 140 valence electrons. The SMILES string of the molecule is CCCCCCCCS(=O)(=O)Oc1cscc1OS(=O)(=O)CCC. The van der Waals surface area contributed by atoms with Crippen LogP contribution < -0.4 is 8.37 Å². The fourth-order valence-corrected chi connectivity index (χ4v) is 4.86. The molecule has 0 bridgehead atoms. The van der Waals surface area contributed by atoms with Gasteiger partial charge in [0.05, 0.1) is 11.5 Å². The van der Waals surface area contributed by atoms with E-state index in [0.29, 0.717) is 12.8 Å². The molecule has 0 atom stereocenters. The van der Waals surface area contributed by atoms with Gasteiger partial charge in [0.1, 0.15) is 0 Å². The van der Waals surface area contributed by atoms with E-state index in [1.807, 2.05) is 0 Å². The molecule has 9 heteroatoms. The highest BCUT2D eigenvalue weighted by atomic mass is 32.2. The summed E-state index contributed by atoms with van der Waals surface area (Å²) in [4.78, 5) is 0. The van der Waals surface area contributed by atoms with Crippen molar-refractivity contribution in [2.45, 2.75) is 58.8 Å². The first-order valence-electron chi connectivity index (χ1n) is 8.20. The molecule has 0 N–H and O–H groups in total. The molecule has 0 aliphatic heterocycles. The molecule has 1 aromatic heterocycles. The molecule has 0 aromatic carbocycles. The lowest BCUT2D eigenvalue weighted by molar-refractivity contribution is 0.449. The van der Waals surface area contributed by atoms with Crippen molar-refractivity contribution in [2.75, 3.05) is 11.5 Å². The second-order valence-electron chi connectivity index (χ2n) is 5.56. The van der Waals surface area contributed by atoms with Crippen molar-refractivity contribution >= 4 is 31.6 Å². The summed E-state index contributed by atoms with van der Waals surface area (Å²) in [7, 11) is -7.49. The molecule has 0 saturated carbocycles. The molecule has 0 unspecified atom stereocenters. The van der Waals surface area contributed by atoms with Crippen molar-refractivity contribution < 1.29 is 25.2 Å². The molecule has 24 heavy (non-hydrogen) atoms. The monoisotopic (exact) mass is 398 g/mol. The Morgan fingerprint density at radius 1 is 0.750 bits per heavy atom. The van der Waals surface area contributed by atoms with Crippen LogP contribution in [0, 0.1) is 0 Å². The van der Waals surface area contributed by atoms with Crippen molar-refractivity contribution in [3.63, 3.8) is 0 Å². The summed E-state index contributed by atoms with van der Waals surface area (Å²) in [5.41, 5.74) is 0. The summed E-state index contributed by atoms with van der Waals surface area (Å²) < 4.78 is 57.3. The average Bonchev–Trinajstić information content (AvgIpc) is 2.88. The predicted molar refractivity (Wildman–Crippen MR) is 96.8 cm³/mol. The van der Waals surface area contributed by atoms with E-state index < -0.39 is 20.2 Å². The Bertz CT molecular complexity index is 676. The van der Waals surface area contributed by atoms with Gasteiger partial charge in [0.2, 0.25) is 0 Å². The lowest BCUT2D eigenvalue weighted by atomic mass is 10.1. The van der Waals surface area contributed by atoms with Crippen LogP contribution in [0.3, 0.4) is 0 Å². The fraction of sp³-hybridized carbons (Fsp3) is 0.733. The van der Waals surface area contributed by atoms with Gasteiger partial charge in [-0.15, -0.1) is 11.3 Å². The van der Waals surface area contributed by atoms with E-state index in [1.54, 1.807) is 6.92 Å². The first kappa shape index (κ1) is 21.2. The standard InChI is InChI=1S/C15H26O6S3/c1-3-5-6-7-8-9-11-24(18,19)21-15-13-22-12-14(15)20-23(16,17)10-4-2/h12-13H,3-11H2,1-2H3. The van der Waals surface area contributed by atoms with Gasteiger partial charge in [-0.3, -0.25) is 0 Å². The van der Waals surface area contributed by atoms with E-state index >= 15 is 0 Å².